The number of hydrogen-bond acceptors (Lipinski definition) is 5. The number of benzene rings is 2. The molecular weight excluding hydrogens is 440 g/mol. The molecule has 0 aliphatic rings. The number of nitrogens with zero attached hydrogens (tertiary/aromatic N) is 2. The summed E-state index contributed by atoms with van der Waals surface area (Å²) in [6.45, 7) is 3.50. The highest BCUT2D eigenvalue weighted by Gasteiger charge is 2.30. The highest BCUT2D eigenvalue weighted by Crippen LogP contribution is 2.18. The van der Waals surface area contributed by atoms with E-state index in [0.29, 0.717) is 16.7 Å². The summed E-state index contributed by atoms with van der Waals surface area (Å²) in [5.74, 6) is -0.469. The molecule has 0 saturated heterocycles. The van der Waals surface area contributed by atoms with Crippen LogP contribution < -0.4 is 10.3 Å². The predicted octanol–water partition coefficient (Wildman–Crippen LogP) is 2.54. The molecule has 0 radical (unpaired) electrons. The summed E-state index contributed by atoms with van der Waals surface area (Å²) in [7, 11) is -2.44. The van der Waals surface area contributed by atoms with E-state index in [0.717, 1.165) is 0 Å². The van der Waals surface area contributed by atoms with Gasteiger partial charge in [-0.25, -0.2) is 13.4 Å². The summed E-state index contributed by atoms with van der Waals surface area (Å²) >= 11 is 5.90. The van der Waals surface area contributed by atoms with E-state index in [4.69, 9.17) is 11.6 Å². The van der Waals surface area contributed by atoms with Crippen molar-refractivity contribution in [3.8, 4) is 0 Å². The van der Waals surface area contributed by atoms with Crippen molar-refractivity contribution >= 4 is 38.4 Å². The van der Waals surface area contributed by atoms with Crippen LogP contribution in [0.25, 0.3) is 10.9 Å². The van der Waals surface area contributed by atoms with Gasteiger partial charge in [0.25, 0.3) is 5.56 Å². The fourth-order valence-electron chi connectivity index (χ4n) is 3.09. The Labute approximate surface area is 185 Å². The smallest absolute Gasteiger partial charge is 0.258 e. The predicted molar refractivity (Wildman–Crippen MR) is 119 cm³/mol. The molecule has 164 valence electrons. The minimum absolute atomic E-state index is 0.0149. The second-order valence-electron chi connectivity index (χ2n) is 7.52. The lowest BCUT2D eigenvalue weighted by Gasteiger charge is -2.26. The maximum Gasteiger partial charge on any atom is 0.258 e. The number of likely N-dealkylation sites (N-methyl/N-ethyl adjacent to an activating group) is 1. The highest BCUT2D eigenvalue weighted by molar-refractivity contribution is 7.89. The lowest BCUT2D eigenvalue weighted by atomic mass is 10.0. The second kappa shape index (κ2) is 9.17. The average Bonchev–Trinajstić information content (AvgIpc) is 2.71. The third-order valence-corrected chi connectivity index (χ3v) is 6.42. The summed E-state index contributed by atoms with van der Waals surface area (Å²) in [6, 6.07) is 11.7. The lowest BCUT2D eigenvalue weighted by molar-refractivity contribution is -0.133. The molecule has 0 aliphatic carbocycles. The van der Waals surface area contributed by atoms with E-state index in [1.54, 1.807) is 44.2 Å². The lowest BCUT2D eigenvalue weighted by Crippen LogP contribution is -2.50. The van der Waals surface area contributed by atoms with E-state index >= 15 is 0 Å². The van der Waals surface area contributed by atoms with Crippen LogP contribution in [0.15, 0.2) is 58.2 Å². The van der Waals surface area contributed by atoms with Crippen molar-refractivity contribution in [1.82, 2.24) is 19.6 Å². The van der Waals surface area contributed by atoms with Gasteiger partial charge in [-0.2, -0.15) is 4.72 Å². The van der Waals surface area contributed by atoms with Crippen molar-refractivity contribution in [2.45, 2.75) is 31.3 Å². The van der Waals surface area contributed by atoms with E-state index in [9.17, 15) is 18.0 Å². The quantitative estimate of drug-likeness (QED) is 0.560. The zero-order valence-corrected chi connectivity index (χ0v) is 18.9. The van der Waals surface area contributed by atoms with Gasteiger partial charge in [-0.1, -0.05) is 43.6 Å². The number of halogens is 1. The average molecular weight is 463 g/mol. The molecule has 0 spiro atoms. The molecule has 31 heavy (non-hydrogen) atoms. The molecule has 1 heterocycles. The van der Waals surface area contributed by atoms with Crippen molar-refractivity contribution in [1.29, 1.82) is 0 Å². The number of H-pyrrole nitrogens is 1. The van der Waals surface area contributed by atoms with E-state index in [2.05, 4.69) is 14.7 Å². The molecule has 3 rings (SSSR count). The third-order valence-electron chi connectivity index (χ3n) is 4.75. The van der Waals surface area contributed by atoms with Crippen molar-refractivity contribution in [2.75, 3.05) is 7.05 Å². The van der Waals surface area contributed by atoms with Gasteiger partial charge in [0.05, 0.1) is 22.3 Å². The van der Waals surface area contributed by atoms with Gasteiger partial charge in [0.15, 0.2) is 0 Å². The molecule has 0 fully saturated rings. The van der Waals surface area contributed by atoms with Crippen molar-refractivity contribution < 1.29 is 13.2 Å². The highest BCUT2D eigenvalue weighted by atomic mass is 35.5. The van der Waals surface area contributed by atoms with Gasteiger partial charge in [0.1, 0.15) is 11.9 Å². The minimum Gasteiger partial charge on any atom is -0.337 e. The second-order valence-corrected chi connectivity index (χ2v) is 9.67. The Morgan fingerprint density at radius 1 is 1.19 bits per heavy atom. The van der Waals surface area contributed by atoms with E-state index in [-0.39, 0.29) is 27.9 Å². The van der Waals surface area contributed by atoms with Crippen LogP contribution in [0.4, 0.5) is 0 Å². The normalized spacial score (nSPS) is 12.8. The Bertz CT molecular complexity index is 1270. The van der Waals surface area contributed by atoms with Gasteiger partial charge < -0.3 is 9.88 Å². The van der Waals surface area contributed by atoms with E-state index in [1.165, 1.54) is 30.1 Å². The third kappa shape index (κ3) is 5.30. The fourth-order valence-corrected chi connectivity index (χ4v) is 4.73. The van der Waals surface area contributed by atoms with Crippen LogP contribution in [0.5, 0.6) is 0 Å². The number of nitrogens with one attached hydrogen (secondary N) is 2. The summed E-state index contributed by atoms with van der Waals surface area (Å²) in [5.41, 5.74) is 0.215. The van der Waals surface area contributed by atoms with Crippen molar-refractivity contribution in [2.24, 2.45) is 5.92 Å². The summed E-state index contributed by atoms with van der Waals surface area (Å²) < 4.78 is 28.0. The number of amides is 1. The monoisotopic (exact) mass is 462 g/mol. The first-order chi connectivity index (χ1) is 14.6. The first-order valence-electron chi connectivity index (χ1n) is 9.59. The molecule has 1 atom stereocenters. The Morgan fingerprint density at radius 2 is 1.90 bits per heavy atom. The Balaban J connectivity index is 1.82. The Hall–Kier alpha value is -2.75. The SMILES string of the molecule is CC(C)C(NS(=O)(=O)c1cccc(Cl)c1)C(=O)N(C)Cc1nc2ccccc2c(=O)[nH]1. The van der Waals surface area contributed by atoms with Crippen molar-refractivity contribution in [3.05, 3.63) is 69.7 Å². The fraction of sp³-hybridized carbons (Fsp3) is 0.286. The minimum atomic E-state index is -3.97. The number of carbonyl (C=O) groups is 1. The van der Waals surface area contributed by atoms with E-state index < -0.39 is 22.0 Å². The molecule has 1 amide bonds. The molecule has 0 aliphatic heterocycles. The maximum absolute atomic E-state index is 13.1. The van der Waals surface area contributed by atoms with Gasteiger partial charge in [-0.05, 0) is 36.2 Å². The van der Waals surface area contributed by atoms with Crippen LogP contribution in [-0.4, -0.2) is 42.3 Å². The van der Waals surface area contributed by atoms with Crippen LogP contribution in [0, 0.1) is 5.92 Å². The van der Waals surface area contributed by atoms with Gasteiger partial charge >= 0.3 is 0 Å². The standard InChI is InChI=1S/C21H23ClN4O4S/c1-13(2)19(25-31(29,30)15-8-6-7-14(22)11-15)21(28)26(3)12-18-23-17-10-5-4-9-16(17)20(27)24-18/h4-11,13,19,25H,12H2,1-3H3,(H,23,24,27). The molecule has 10 heteroatoms. The molecular formula is C21H23ClN4O4S. The van der Waals surface area contributed by atoms with Crippen molar-refractivity contribution in [3.63, 3.8) is 0 Å². The molecule has 0 saturated carbocycles. The first kappa shape index (κ1) is 22.9. The number of para-hydroxylation sites is 1. The number of sulfonamides is 1. The number of fused-ring (bicyclic) bond motifs is 1. The molecule has 0 bridgehead atoms. The first-order valence-corrected chi connectivity index (χ1v) is 11.5. The van der Waals surface area contributed by atoms with Gasteiger partial charge in [0, 0.05) is 12.1 Å². The van der Waals surface area contributed by atoms with Gasteiger partial charge in [-0.3, -0.25) is 9.59 Å². The maximum atomic E-state index is 13.1. The van der Waals surface area contributed by atoms with Crippen LogP contribution in [0.1, 0.15) is 19.7 Å². The van der Waals surface area contributed by atoms with Gasteiger partial charge in [-0.15, -0.1) is 0 Å². The largest absolute Gasteiger partial charge is 0.337 e. The van der Waals surface area contributed by atoms with Crippen LogP contribution >= 0.6 is 11.6 Å². The van der Waals surface area contributed by atoms with Crippen LogP contribution in [0.3, 0.4) is 0 Å². The molecule has 1 unspecified atom stereocenters. The van der Waals surface area contributed by atoms with Crippen LogP contribution in [0.2, 0.25) is 5.02 Å². The summed E-state index contributed by atoms with van der Waals surface area (Å²) in [6.07, 6.45) is 0. The van der Waals surface area contributed by atoms with E-state index in [1.807, 2.05) is 0 Å². The Morgan fingerprint density at radius 3 is 2.58 bits per heavy atom. The zero-order chi connectivity index (χ0) is 22.8. The Kier molecular flexibility index (Phi) is 6.78. The number of carbonyl (C=O) groups excluding carboxylic acids is 1. The number of aromatic amines is 1. The molecule has 2 N–H and O–H groups in total. The molecule has 3 aromatic rings. The number of aromatic nitrogens is 2. The molecule has 1 aromatic heterocycles. The summed E-state index contributed by atoms with van der Waals surface area (Å²) in [5, 5.41) is 0.730. The number of rotatable bonds is 7. The zero-order valence-electron chi connectivity index (χ0n) is 17.3. The molecule has 2 aromatic carbocycles. The van der Waals surface area contributed by atoms with Crippen LogP contribution in [-0.2, 0) is 21.4 Å². The molecule has 8 nitrogen and oxygen atoms in total. The number of hydrogen-bond donors (Lipinski definition) is 2. The topological polar surface area (TPSA) is 112 Å². The van der Waals surface area contributed by atoms with Gasteiger partial charge in [0.2, 0.25) is 15.9 Å². The summed E-state index contributed by atoms with van der Waals surface area (Å²) in [4.78, 5) is 33.7.